The Morgan fingerprint density at radius 1 is 1.47 bits per heavy atom. The predicted octanol–water partition coefficient (Wildman–Crippen LogP) is 0.910. The van der Waals surface area contributed by atoms with E-state index >= 15 is 0 Å². The first-order chi connectivity index (χ1) is 9.05. The standard InChI is InChI=1S/C14H26N2O3/c1-16(10-12-5-3-4-8-19-12)11-6-7-14(15,9-11)13(17)18-2/h11-12H,3-10,15H2,1-2H3. The Hall–Kier alpha value is -0.650. The van der Waals surface area contributed by atoms with Crippen LogP contribution in [0, 0.1) is 0 Å². The van der Waals surface area contributed by atoms with Crippen LogP contribution in [0.5, 0.6) is 0 Å². The fourth-order valence-corrected chi connectivity index (χ4v) is 3.24. The van der Waals surface area contributed by atoms with Gasteiger partial charge in [-0.15, -0.1) is 0 Å². The molecule has 3 atom stereocenters. The summed E-state index contributed by atoms with van der Waals surface area (Å²) in [6, 6.07) is 0.356. The van der Waals surface area contributed by atoms with Crippen molar-refractivity contribution in [3.05, 3.63) is 0 Å². The lowest BCUT2D eigenvalue weighted by Gasteiger charge is -2.31. The van der Waals surface area contributed by atoms with Crippen molar-refractivity contribution in [2.75, 3.05) is 27.3 Å². The second kappa shape index (κ2) is 6.20. The number of likely N-dealkylation sites (N-methyl/N-ethyl adjacent to an activating group) is 1. The first-order valence-corrected chi connectivity index (χ1v) is 7.24. The summed E-state index contributed by atoms with van der Waals surface area (Å²) in [5.41, 5.74) is 5.35. The SMILES string of the molecule is COC(=O)C1(N)CCC(N(C)CC2CCCCO2)C1. The molecule has 0 spiro atoms. The van der Waals surface area contributed by atoms with E-state index < -0.39 is 5.54 Å². The molecule has 19 heavy (non-hydrogen) atoms. The van der Waals surface area contributed by atoms with Crippen molar-refractivity contribution >= 4 is 5.97 Å². The first-order valence-electron chi connectivity index (χ1n) is 7.24. The minimum absolute atomic E-state index is 0.280. The van der Waals surface area contributed by atoms with Crippen LogP contribution >= 0.6 is 0 Å². The lowest BCUT2D eigenvalue weighted by atomic mass is 9.99. The number of hydrogen-bond acceptors (Lipinski definition) is 5. The van der Waals surface area contributed by atoms with Crippen molar-refractivity contribution in [3.63, 3.8) is 0 Å². The van der Waals surface area contributed by atoms with Crippen LogP contribution in [-0.2, 0) is 14.3 Å². The molecule has 1 aliphatic carbocycles. The molecule has 0 aromatic rings. The Morgan fingerprint density at radius 2 is 2.26 bits per heavy atom. The van der Waals surface area contributed by atoms with Crippen LogP contribution < -0.4 is 5.73 Å². The van der Waals surface area contributed by atoms with Gasteiger partial charge in [0.15, 0.2) is 0 Å². The zero-order valence-corrected chi connectivity index (χ0v) is 12.1. The number of nitrogens with zero attached hydrogens (tertiary/aromatic N) is 1. The monoisotopic (exact) mass is 270 g/mol. The molecular formula is C14H26N2O3. The van der Waals surface area contributed by atoms with Crippen molar-refractivity contribution in [1.82, 2.24) is 4.90 Å². The Bertz CT molecular complexity index is 318. The molecule has 0 radical (unpaired) electrons. The highest BCUT2D eigenvalue weighted by Gasteiger charge is 2.44. The van der Waals surface area contributed by atoms with Crippen LogP contribution in [0.15, 0.2) is 0 Å². The number of ether oxygens (including phenoxy) is 2. The van der Waals surface area contributed by atoms with Crippen molar-refractivity contribution < 1.29 is 14.3 Å². The molecular weight excluding hydrogens is 244 g/mol. The molecule has 5 nitrogen and oxygen atoms in total. The van der Waals surface area contributed by atoms with E-state index in [9.17, 15) is 4.79 Å². The number of nitrogens with two attached hydrogens (primary N) is 1. The highest BCUT2D eigenvalue weighted by Crippen LogP contribution is 2.32. The number of carbonyl (C=O) groups excluding carboxylic acids is 1. The maximum Gasteiger partial charge on any atom is 0.325 e. The minimum Gasteiger partial charge on any atom is -0.468 e. The molecule has 1 saturated heterocycles. The summed E-state index contributed by atoms with van der Waals surface area (Å²) in [6.45, 7) is 1.81. The molecule has 110 valence electrons. The molecule has 2 aliphatic rings. The van der Waals surface area contributed by atoms with Gasteiger partial charge in [0.25, 0.3) is 0 Å². The average Bonchev–Trinajstić information content (AvgIpc) is 2.83. The third-order valence-electron chi connectivity index (χ3n) is 4.50. The van der Waals surface area contributed by atoms with E-state index in [1.807, 2.05) is 0 Å². The molecule has 1 heterocycles. The van der Waals surface area contributed by atoms with E-state index in [0.29, 0.717) is 25.0 Å². The number of hydrogen-bond donors (Lipinski definition) is 1. The largest absolute Gasteiger partial charge is 0.468 e. The van der Waals surface area contributed by atoms with Gasteiger partial charge in [-0.2, -0.15) is 0 Å². The first kappa shape index (κ1) is 14.8. The van der Waals surface area contributed by atoms with Crippen LogP contribution in [0.3, 0.4) is 0 Å². The summed E-state index contributed by atoms with van der Waals surface area (Å²) < 4.78 is 10.6. The molecule has 2 fully saturated rings. The summed E-state index contributed by atoms with van der Waals surface area (Å²) in [5, 5.41) is 0. The second-order valence-corrected chi connectivity index (χ2v) is 5.97. The second-order valence-electron chi connectivity index (χ2n) is 5.97. The van der Waals surface area contributed by atoms with Gasteiger partial charge in [0, 0.05) is 19.2 Å². The lowest BCUT2D eigenvalue weighted by Crippen LogP contribution is -2.48. The van der Waals surface area contributed by atoms with Crippen molar-refractivity contribution in [3.8, 4) is 0 Å². The minimum atomic E-state index is -0.791. The Morgan fingerprint density at radius 3 is 2.89 bits per heavy atom. The van der Waals surface area contributed by atoms with Gasteiger partial charge in [-0.25, -0.2) is 0 Å². The molecule has 2 N–H and O–H groups in total. The number of carbonyl (C=O) groups is 1. The molecule has 3 unspecified atom stereocenters. The maximum absolute atomic E-state index is 11.7. The van der Waals surface area contributed by atoms with Crippen LogP contribution in [0.2, 0.25) is 0 Å². The van der Waals surface area contributed by atoms with E-state index in [1.165, 1.54) is 20.0 Å². The molecule has 0 amide bonds. The van der Waals surface area contributed by atoms with E-state index in [0.717, 1.165) is 26.0 Å². The zero-order valence-electron chi connectivity index (χ0n) is 12.1. The van der Waals surface area contributed by atoms with Gasteiger partial charge in [0.1, 0.15) is 5.54 Å². The Labute approximate surface area is 115 Å². The lowest BCUT2D eigenvalue weighted by molar-refractivity contribution is -0.147. The van der Waals surface area contributed by atoms with E-state index in [1.54, 1.807) is 0 Å². The fourth-order valence-electron chi connectivity index (χ4n) is 3.24. The maximum atomic E-state index is 11.7. The van der Waals surface area contributed by atoms with Crippen LogP contribution in [-0.4, -0.2) is 55.9 Å². The van der Waals surface area contributed by atoms with E-state index in [4.69, 9.17) is 15.2 Å². The highest BCUT2D eigenvalue weighted by atomic mass is 16.5. The van der Waals surface area contributed by atoms with E-state index in [2.05, 4.69) is 11.9 Å². The number of rotatable bonds is 4. The molecule has 2 rings (SSSR count). The summed E-state index contributed by atoms with van der Waals surface area (Å²) in [7, 11) is 3.51. The van der Waals surface area contributed by atoms with Gasteiger partial charge in [-0.05, 0) is 45.6 Å². The number of esters is 1. The predicted molar refractivity (Wildman–Crippen MR) is 72.8 cm³/mol. The van der Waals surface area contributed by atoms with Crippen molar-refractivity contribution in [1.29, 1.82) is 0 Å². The van der Waals surface area contributed by atoms with Crippen LogP contribution in [0.25, 0.3) is 0 Å². The molecule has 5 heteroatoms. The molecule has 0 aromatic carbocycles. The fraction of sp³-hybridized carbons (Fsp3) is 0.929. The van der Waals surface area contributed by atoms with Gasteiger partial charge in [-0.1, -0.05) is 0 Å². The van der Waals surface area contributed by atoms with Crippen LogP contribution in [0.1, 0.15) is 38.5 Å². The molecule has 1 aliphatic heterocycles. The third-order valence-corrected chi connectivity index (χ3v) is 4.50. The topological polar surface area (TPSA) is 64.8 Å². The third kappa shape index (κ3) is 3.46. The zero-order chi connectivity index (χ0) is 13.9. The smallest absolute Gasteiger partial charge is 0.325 e. The normalized spacial score (nSPS) is 35.6. The van der Waals surface area contributed by atoms with E-state index in [-0.39, 0.29) is 5.97 Å². The highest BCUT2D eigenvalue weighted by molar-refractivity contribution is 5.81. The average molecular weight is 270 g/mol. The van der Waals surface area contributed by atoms with Crippen molar-refractivity contribution in [2.45, 2.75) is 56.2 Å². The summed E-state index contributed by atoms with van der Waals surface area (Å²) >= 11 is 0. The van der Waals surface area contributed by atoms with Gasteiger partial charge < -0.3 is 20.1 Å². The number of methoxy groups -OCH3 is 1. The van der Waals surface area contributed by atoms with Crippen molar-refractivity contribution in [2.24, 2.45) is 5.73 Å². The Kier molecular flexibility index (Phi) is 4.81. The summed E-state index contributed by atoms with van der Waals surface area (Å²) in [5.74, 6) is -0.280. The van der Waals surface area contributed by atoms with Gasteiger partial charge in [0.2, 0.25) is 0 Å². The molecule has 0 bridgehead atoms. The summed E-state index contributed by atoms with van der Waals surface area (Å²) in [6.07, 6.45) is 6.26. The molecule has 0 aromatic heterocycles. The van der Waals surface area contributed by atoms with Crippen LogP contribution in [0.4, 0.5) is 0 Å². The van der Waals surface area contributed by atoms with Gasteiger partial charge in [-0.3, -0.25) is 4.79 Å². The van der Waals surface area contributed by atoms with Gasteiger partial charge in [0.05, 0.1) is 13.2 Å². The quantitative estimate of drug-likeness (QED) is 0.769. The van der Waals surface area contributed by atoms with Gasteiger partial charge >= 0.3 is 5.97 Å². The Balaban J connectivity index is 1.84. The molecule has 1 saturated carbocycles. The summed E-state index contributed by atoms with van der Waals surface area (Å²) in [4.78, 5) is 14.0.